The minimum Gasteiger partial charge on any atom is -0.394 e. The van der Waals surface area contributed by atoms with Crippen LogP contribution < -0.4 is 11.3 Å². The topological polar surface area (TPSA) is 166 Å². The molecule has 2 unspecified atom stereocenters. The highest BCUT2D eigenvalue weighted by atomic mass is 16.6. The maximum Gasteiger partial charge on any atom is 0.280 e. The van der Waals surface area contributed by atoms with E-state index in [1.54, 1.807) is 12.5 Å². The van der Waals surface area contributed by atoms with E-state index in [0.717, 1.165) is 19.4 Å². The van der Waals surface area contributed by atoms with Gasteiger partial charge >= 0.3 is 0 Å². The summed E-state index contributed by atoms with van der Waals surface area (Å²) in [5.41, 5.74) is 5.49. The van der Waals surface area contributed by atoms with Crippen LogP contribution in [-0.2, 0) is 16.0 Å². The number of nitrogens with zero attached hydrogens (tertiary/aromatic N) is 5. The highest BCUT2D eigenvalue weighted by Gasteiger charge is 2.45. The molecule has 4 rings (SSSR count). The van der Waals surface area contributed by atoms with E-state index in [2.05, 4.69) is 19.9 Å². The smallest absolute Gasteiger partial charge is 0.280 e. The van der Waals surface area contributed by atoms with Gasteiger partial charge in [-0.25, -0.2) is 9.97 Å². The predicted octanol–water partition coefficient (Wildman–Crippen LogP) is -0.985. The summed E-state index contributed by atoms with van der Waals surface area (Å²) in [6, 6.07) is 0. The monoisotopic (exact) mass is 405 g/mol. The van der Waals surface area contributed by atoms with E-state index in [4.69, 9.17) is 15.2 Å². The summed E-state index contributed by atoms with van der Waals surface area (Å²) >= 11 is 0. The van der Waals surface area contributed by atoms with Gasteiger partial charge in [0.25, 0.3) is 5.56 Å². The fourth-order valence-corrected chi connectivity index (χ4v) is 3.44. The number of H-pyrrole nitrogens is 1. The molecule has 1 fully saturated rings. The molecule has 3 aromatic heterocycles. The van der Waals surface area contributed by atoms with Gasteiger partial charge in [-0.05, 0) is 12.8 Å². The average molecular weight is 405 g/mol. The number of rotatable bonds is 8. The quantitative estimate of drug-likeness (QED) is 0.344. The minimum atomic E-state index is -1.05. The molecule has 1 aliphatic rings. The predicted molar refractivity (Wildman–Crippen MR) is 101 cm³/mol. The summed E-state index contributed by atoms with van der Waals surface area (Å²) in [6.45, 7) is 0.825. The van der Waals surface area contributed by atoms with Crippen molar-refractivity contribution >= 4 is 17.1 Å². The SMILES string of the molecule is Nc1nc2c(ncn2[C@@H]2O[C@H](CO)C(O)C2OCCCCn2ccnc2)c(=O)[nH]1. The Morgan fingerprint density at radius 3 is 2.97 bits per heavy atom. The van der Waals surface area contributed by atoms with Gasteiger partial charge in [-0.3, -0.25) is 14.3 Å². The normalized spacial score (nSPS) is 24.5. The lowest BCUT2D eigenvalue weighted by molar-refractivity contribution is -0.0711. The van der Waals surface area contributed by atoms with Crippen molar-refractivity contribution in [2.24, 2.45) is 0 Å². The Morgan fingerprint density at radius 2 is 2.21 bits per heavy atom. The second kappa shape index (κ2) is 8.29. The van der Waals surface area contributed by atoms with E-state index in [-0.39, 0.29) is 23.7 Å². The molecule has 0 bridgehead atoms. The third kappa shape index (κ3) is 3.87. The Balaban J connectivity index is 1.48. The van der Waals surface area contributed by atoms with E-state index >= 15 is 0 Å². The van der Waals surface area contributed by atoms with Gasteiger partial charge in [0, 0.05) is 25.5 Å². The van der Waals surface area contributed by atoms with Crippen molar-refractivity contribution in [1.82, 2.24) is 29.1 Å². The standard InChI is InChI=1S/C17H23N7O5/c18-17-21-14-11(15(27)22-17)20-9-24(14)16-13(12(26)10(7-25)29-16)28-6-2-1-4-23-5-3-19-8-23/h3,5,8-10,12-13,16,25-26H,1-2,4,6-7H2,(H3,18,21,22,27)/t10-,12?,13?,16-/m1/s1. The lowest BCUT2D eigenvalue weighted by Gasteiger charge is -2.22. The summed E-state index contributed by atoms with van der Waals surface area (Å²) in [7, 11) is 0. The van der Waals surface area contributed by atoms with Gasteiger partial charge in [-0.15, -0.1) is 0 Å². The summed E-state index contributed by atoms with van der Waals surface area (Å²) in [4.78, 5) is 26.6. The lowest BCUT2D eigenvalue weighted by Crippen LogP contribution is -2.35. The molecule has 156 valence electrons. The summed E-state index contributed by atoms with van der Waals surface area (Å²) in [5.74, 6) is -0.0570. The molecule has 4 heterocycles. The number of aromatic amines is 1. The van der Waals surface area contributed by atoms with Gasteiger partial charge in [0.05, 0.1) is 19.3 Å². The zero-order valence-electron chi connectivity index (χ0n) is 15.6. The second-order valence-electron chi connectivity index (χ2n) is 6.86. The van der Waals surface area contributed by atoms with Crippen molar-refractivity contribution in [1.29, 1.82) is 0 Å². The summed E-state index contributed by atoms with van der Waals surface area (Å²) in [6.07, 6.45) is 4.94. The molecule has 1 aliphatic heterocycles. The van der Waals surface area contributed by atoms with Crippen LogP contribution in [0.1, 0.15) is 19.1 Å². The van der Waals surface area contributed by atoms with Crippen LogP contribution in [0, 0.1) is 0 Å². The first kappa shape index (κ1) is 19.5. The summed E-state index contributed by atoms with van der Waals surface area (Å²) < 4.78 is 15.2. The Morgan fingerprint density at radius 1 is 1.34 bits per heavy atom. The summed E-state index contributed by atoms with van der Waals surface area (Å²) in [5, 5.41) is 20.1. The number of ether oxygens (including phenoxy) is 2. The molecule has 0 spiro atoms. The number of unbranched alkanes of at least 4 members (excludes halogenated alkanes) is 1. The van der Waals surface area contributed by atoms with E-state index in [1.165, 1.54) is 10.9 Å². The third-order valence-corrected chi connectivity index (χ3v) is 4.90. The van der Waals surface area contributed by atoms with Gasteiger partial charge in [-0.2, -0.15) is 4.98 Å². The molecule has 12 nitrogen and oxygen atoms in total. The minimum absolute atomic E-state index is 0.0570. The molecular weight excluding hydrogens is 382 g/mol. The number of fused-ring (bicyclic) bond motifs is 1. The Hall–Kier alpha value is -2.80. The number of aliphatic hydroxyl groups is 2. The highest BCUT2D eigenvalue weighted by molar-refractivity contribution is 5.70. The molecule has 4 atom stereocenters. The zero-order chi connectivity index (χ0) is 20.4. The molecule has 3 aromatic rings. The Kier molecular flexibility index (Phi) is 5.58. The van der Waals surface area contributed by atoms with Crippen molar-refractivity contribution in [3.05, 3.63) is 35.4 Å². The van der Waals surface area contributed by atoms with Crippen LogP contribution in [0.5, 0.6) is 0 Å². The van der Waals surface area contributed by atoms with Crippen LogP contribution in [0.15, 0.2) is 29.8 Å². The van der Waals surface area contributed by atoms with Gasteiger partial charge < -0.3 is 30.0 Å². The maximum atomic E-state index is 12.0. The van der Waals surface area contributed by atoms with Crippen molar-refractivity contribution in [3.8, 4) is 0 Å². The maximum absolute atomic E-state index is 12.0. The van der Waals surface area contributed by atoms with Crippen LogP contribution >= 0.6 is 0 Å². The molecule has 0 amide bonds. The lowest BCUT2D eigenvalue weighted by atomic mass is 10.1. The largest absolute Gasteiger partial charge is 0.394 e. The molecule has 5 N–H and O–H groups in total. The van der Waals surface area contributed by atoms with Crippen molar-refractivity contribution in [2.45, 2.75) is 43.9 Å². The molecular formula is C17H23N7O5. The molecule has 0 aromatic carbocycles. The van der Waals surface area contributed by atoms with Gasteiger partial charge in [-0.1, -0.05) is 0 Å². The van der Waals surface area contributed by atoms with Gasteiger partial charge in [0.15, 0.2) is 17.4 Å². The van der Waals surface area contributed by atoms with Crippen LogP contribution in [0.3, 0.4) is 0 Å². The average Bonchev–Trinajstić information content (AvgIpc) is 3.41. The van der Waals surface area contributed by atoms with Crippen LogP contribution in [-0.4, -0.2) is 70.8 Å². The van der Waals surface area contributed by atoms with Crippen LogP contribution in [0.2, 0.25) is 0 Å². The first-order chi connectivity index (χ1) is 14.1. The van der Waals surface area contributed by atoms with Crippen LogP contribution in [0.25, 0.3) is 11.2 Å². The number of aryl methyl sites for hydroxylation is 1. The molecule has 0 aliphatic carbocycles. The van der Waals surface area contributed by atoms with E-state index in [0.29, 0.717) is 6.61 Å². The van der Waals surface area contributed by atoms with Gasteiger partial charge in [0.1, 0.15) is 18.3 Å². The highest BCUT2D eigenvalue weighted by Crippen LogP contribution is 2.33. The molecule has 0 radical (unpaired) electrons. The van der Waals surface area contributed by atoms with Crippen molar-refractivity contribution in [2.75, 3.05) is 18.9 Å². The van der Waals surface area contributed by atoms with E-state index < -0.39 is 30.1 Å². The number of hydrogen-bond acceptors (Lipinski definition) is 9. The first-order valence-corrected chi connectivity index (χ1v) is 9.32. The van der Waals surface area contributed by atoms with Crippen molar-refractivity contribution < 1.29 is 19.7 Å². The fraction of sp³-hybridized carbons (Fsp3) is 0.529. The fourth-order valence-electron chi connectivity index (χ4n) is 3.44. The Labute approximate surface area is 164 Å². The van der Waals surface area contributed by atoms with Crippen molar-refractivity contribution in [3.63, 3.8) is 0 Å². The van der Waals surface area contributed by atoms with E-state index in [9.17, 15) is 15.0 Å². The number of nitrogens with one attached hydrogen (secondary N) is 1. The third-order valence-electron chi connectivity index (χ3n) is 4.90. The first-order valence-electron chi connectivity index (χ1n) is 9.32. The number of nitrogens with two attached hydrogens (primary N) is 1. The molecule has 0 saturated carbocycles. The number of anilines is 1. The number of hydrogen-bond donors (Lipinski definition) is 4. The molecule has 12 heteroatoms. The number of nitrogen functional groups attached to an aromatic ring is 1. The van der Waals surface area contributed by atoms with Gasteiger partial charge in [0.2, 0.25) is 5.95 Å². The molecule has 29 heavy (non-hydrogen) atoms. The number of imidazole rings is 2. The molecule has 1 saturated heterocycles. The van der Waals surface area contributed by atoms with Crippen LogP contribution in [0.4, 0.5) is 5.95 Å². The van der Waals surface area contributed by atoms with E-state index in [1.807, 2.05) is 10.8 Å². The number of aromatic nitrogens is 6. The zero-order valence-corrected chi connectivity index (χ0v) is 15.6. The second-order valence-corrected chi connectivity index (χ2v) is 6.86. The Bertz CT molecular complexity index is 1000. The number of aliphatic hydroxyl groups excluding tert-OH is 2.